The zero-order valence-corrected chi connectivity index (χ0v) is 15.0. The van der Waals surface area contributed by atoms with Gasteiger partial charge in [0, 0.05) is 38.6 Å². The topological polar surface area (TPSA) is 66.4 Å². The Balaban J connectivity index is 1.81. The van der Waals surface area contributed by atoms with E-state index in [0.29, 0.717) is 37.0 Å². The van der Waals surface area contributed by atoms with E-state index in [1.54, 1.807) is 22.8 Å². The summed E-state index contributed by atoms with van der Waals surface area (Å²) >= 11 is 0. The molecule has 1 aromatic heterocycles. The number of aromatic nitrogens is 2. The molecule has 0 unspecified atom stereocenters. The highest BCUT2D eigenvalue weighted by molar-refractivity contribution is 7.89. The Bertz CT molecular complexity index is 806. The number of sulfonamides is 1. The minimum absolute atomic E-state index is 0.438. The third kappa shape index (κ3) is 3.14. The molecule has 0 aliphatic carbocycles. The van der Waals surface area contributed by atoms with Crippen LogP contribution >= 0.6 is 0 Å². The largest absolute Gasteiger partial charge is 0.338 e. The molecule has 0 radical (unpaired) electrons. The maximum absolute atomic E-state index is 13.1. The van der Waals surface area contributed by atoms with Gasteiger partial charge in [-0.1, -0.05) is 17.7 Å². The lowest BCUT2D eigenvalue weighted by Gasteiger charge is -2.34. The smallest absolute Gasteiger partial charge is 0.243 e. The maximum atomic E-state index is 13.1. The summed E-state index contributed by atoms with van der Waals surface area (Å²) in [6.07, 6.45) is 3.40. The summed E-state index contributed by atoms with van der Waals surface area (Å²) in [5, 5.41) is 0. The van der Waals surface area contributed by atoms with Crippen LogP contribution in [0.1, 0.15) is 16.7 Å². The van der Waals surface area contributed by atoms with Gasteiger partial charge in [-0.05, 0) is 38.0 Å². The van der Waals surface area contributed by atoms with Crippen LogP contribution in [0.5, 0.6) is 0 Å². The molecule has 0 bridgehead atoms. The van der Waals surface area contributed by atoms with Crippen molar-refractivity contribution in [2.24, 2.45) is 0 Å². The lowest BCUT2D eigenvalue weighted by molar-refractivity contribution is 0.382. The molecule has 0 saturated carbocycles. The van der Waals surface area contributed by atoms with E-state index >= 15 is 0 Å². The van der Waals surface area contributed by atoms with Crippen LogP contribution in [-0.4, -0.2) is 48.9 Å². The summed E-state index contributed by atoms with van der Waals surface area (Å²) in [4.78, 5) is 10.9. The van der Waals surface area contributed by atoms with Gasteiger partial charge < -0.3 is 4.90 Å². The quantitative estimate of drug-likeness (QED) is 0.849. The Labute approximate surface area is 143 Å². The SMILES string of the molecule is Cc1cc(C)c(S(=O)(=O)N2CCN(c3ncccn3)CC2)c(C)c1. The summed E-state index contributed by atoms with van der Waals surface area (Å²) in [6, 6.07) is 5.62. The molecular weight excluding hydrogens is 324 g/mol. The van der Waals surface area contributed by atoms with Crippen molar-refractivity contribution in [2.45, 2.75) is 25.7 Å². The predicted molar refractivity (Wildman–Crippen MR) is 93.7 cm³/mol. The fourth-order valence-corrected chi connectivity index (χ4v) is 5.12. The number of hydrogen-bond acceptors (Lipinski definition) is 5. The minimum atomic E-state index is -3.48. The average molecular weight is 346 g/mol. The molecule has 3 rings (SSSR count). The number of nitrogens with zero attached hydrogens (tertiary/aromatic N) is 4. The molecule has 1 aromatic carbocycles. The van der Waals surface area contributed by atoms with Crippen LogP contribution in [0.4, 0.5) is 5.95 Å². The number of anilines is 1. The molecule has 0 spiro atoms. The van der Waals surface area contributed by atoms with E-state index in [9.17, 15) is 8.42 Å². The molecule has 1 saturated heterocycles. The fourth-order valence-electron chi connectivity index (χ4n) is 3.29. The second-order valence-electron chi connectivity index (χ2n) is 6.17. The minimum Gasteiger partial charge on any atom is -0.338 e. The lowest BCUT2D eigenvalue weighted by atomic mass is 10.1. The van der Waals surface area contributed by atoms with E-state index in [1.165, 1.54) is 0 Å². The van der Waals surface area contributed by atoms with E-state index in [0.717, 1.165) is 16.7 Å². The van der Waals surface area contributed by atoms with E-state index < -0.39 is 10.0 Å². The second kappa shape index (κ2) is 6.49. The highest BCUT2D eigenvalue weighted by Crippen LogP contribution is 2.26. The number of hydrogen-bond donors (Lipinski definition) is 0. The van der Waals surface area contributed by atoms with Crippen LogP contribution < -0.4 is 4.90 Å². The molecule has 128 valence electrons. The van der Waals surface area contributed by atoms with Crippen molar-refractivity contribution in [3.63, 3.8) is 0 Å². The fraction of sp³-hybridized carbons (Fsp3) is 0.412. The molecule has 0 N–H and O–H groups in total. The van der Waals surface area contributed by atoms with Crippen molar-refractivity contribution in [1.82, 2.24) is 14.3 Å². The Morgan fingerprint density at radius 3 is 2.00 bits per heavy atom. The number of aryl methyl sites for hydroxylation is 3. The number of piperazine rings is 1. The molecule has 1 aliphatic heterocycles. The van der Waals surface area contributed by atoms with Gasteiger partial charge in [0.1, 0.15) is 0 Å². The zero-order chi connectivity index (χ0) is 17.3. The third-order valence-corrected chi connectivity index (χ3v) is 6.48. The van der Waals surface area contributed by atoms with Gasteiger partial charge in [-0.15, -0.1) is 0 Å². The van der Waals surface area contributed by atoms with E-state index in [4.69, 9.17) is 0 Å². The van der Waals surface area contributed by atoms with Crippen molar-refractivity contribution in [2.75, 3.05) is 31.1 Å². The van der Waals surface area contributed by atoms with Crippen LogP contribution in [-0.2, 0) is 10.0 Å². The normalized spacial score (nSPS) is 16.4. The van der Waals surface area contributed by atoms with Gasteiger partial charge in [0.05, 0.1) is 4.90 Å². The molecule has 1 aliphatic rings. The Morgan fingerprint density at radius 2 is 1.46 bits per heavy atom. The lowest BCUT2D eigenvalue weighted by Crippen LogP contribution is -2.49. The van der Waals surface area contributed by atoms with Gasteiger partial charge in [-0.3, -0.25) is 0 Å². The zero-order valence-electron chi connectivity index (χ0n) is 14.2. The summed E-state index contributed by atoms with van der Waals surface area (Å²) in [5.74, 6) is 0.650. The van der Waals surface area contributed by atoms with Gasteiger partial charge in [-0.25, -0.2) is 18.4 Å². The van der Waals surface area contributed by atoms with Gasteiger partial charge >= 0.3 is 0 Å². The summed E-state index contributed by atoms with van der Waals surface area (Å²) in [5.41, 5.74) is 2.69. The van der Waals surface area contributed by atoms with Crippen LogP contribution in [0.25, 0.3) is 0 Å². The first kappa shape index (κ1) is 16.9. The molecule has 2 heterocycles. The Kier molecular flexibility index (Phi) is 4.56. The number of rotatable bonds is 3. The van der Waals surface area contributed by atoms with E-state index in [1.807, 2.05) is 37.8 Å². The van der Waals surface area contributed by atoms with Gasteiger partial charge in [0.15, 0.2) is 0 Å². The van der Waals surface area contributed by atoms with Crippen LogP contribution in [0.2, 0.25) is 0 Å². The molecule has 1 fully saturated rings. The average Bonchev–Trinajstić information content (AvgIpc) is 2.54. The first-order valence-electron chi connectivity index (χ1n) is 7.99. The molecule has 6 nitrogen and oxygen atoms in total. The monoisotopic (exact) mass is 346 g/mol. The Morgan fingerprint density at radius 1 is 0.917 bits per heavy atom. The van der Waals surface area contributed by atoms with Gasteiger partial charge in [0.25, 0.3) is 0 Å². The number of benzene rings is 1. The van der Waals surface area contributed by atoms with Crippen molar-refractivity contribution in [1.29, 1.82) is 0 Å². The standard InChI is InChI=1S/C17H22N4O2S/c1-13-11-14(2)16(15(3)12-13)24(22,23)21-9-7-20(8-10-21)17-18-5-4-6-19-17/h4-6,11-12H,7-10H2,1-3H3. The maximum Gasteiger partial charge on any atom is 0.243 e. The molecular formula is C17H22N4O2S. The third-order valence-electron chi connectivity index (χ3n) is 4.28. The highest BCUT2D eigenvalue weighted by Gasteiger charge is 2.31. The van der Waals surface area contributed by atoms with Crippen molar-refractivity contribution >= 4 is 16.0 Å². The molecule has 0 atom stereocenters. The van der Waals surface area contributed by atoms with Crippen molar-refractivity contribution < 1.29 is 8.42 Å². The van der Waals surface area contributed by atoms with E-state index in [-0.39, 0.29) is 0 Å². The summed E-state index contributed by atoms with van der Waals surface area (Å²) in [6.45, 7) is 7.76. The molecule has 24 heavy (non-hydrogen) atoms. The first-order chi connectivity index (χ1) is 11.4. The predicted octanol–water partition coefficient (Wildman–Crippen LogP) is 1.91. The van der Waals surface area contributed by atoms with Crippen LogP contribution in [0.15, 0.2) is 35.5 Å². The second-order valence-corrected chi connectivity index (χ2v) is 8.04. The Hall–Kier alpha value is -1.99. The van der Waals surface area contributed by atoms with Crippen molar-refractivity contribution in [3.8, 4) is 0 Å². The van der Waals surface area contributed by atoms with Crippen LogP contribution in [0, 0.1) is 20.8 Å². The van der Waals surface area contributed by atoms with Crippen molar-refractivity contribution in [3.05, 3.63) is 47.3 Å². The van der Waals surface area contributed by atoms with E-state index in [2.05, 4.69) is 9.97 Å². The molecule has 2 aromatic rings. The summed E-state index contributed by atoms with van der Waals surface area (Å²) in [7, 11) is -3.48. The molecule has 7 heteroatoms. The first-order valence-corrected chi connectivity index (χ1v) is 9.43. The summed E-state index contributed by atoms with van der Waals surface area (Å²) < 4.78 is 27.7. The van der Waals surface area contributed by atoms with Gasteiger partial charge in [-0.2, -0.15) is 4.31 Å². The van der Waals surface area contributed by atoms with Gasteiger partial charge in [0.2, 0.25) is 16.0 Å². The molecule has 0 amide bonds. The van der Waals surface area contributed by atoms with Crippen LogP contribution in [0.3, 0.4) is 0 Å². The highest BCUT2D eigenvalue weighted by atomic mass is 32.2.